The number of hydrogen-bond acceptors (Lipinski definition) is 7. The Labute approximate surface area is 329 Å². The fourth-order valence-corrected chi connectivity index (χ4v) is 14.5. The number of nitrogens with zero attached hydrogens (tertiary/aromatic N) is 2. The Morgan fingerprint density at radius 2 is 1.80 bits per heavy atom. The molecule has 4 aliphatic carbocycles. The van der Waals surface area contributed by atoms with Crippen LogP contribution < -0.4 is 5.73 Å². The number of aryl methyl sites for hydroxylation is 1. The lowest BCUT2D eigenvalue weighted by Gasteiger charge is -2.69. The second-order valence-electron chi connectivity index (χ2n) is 19.9. The highest BCUT2D eigenvalue weighted by Gasteiger charge is 2.91. The minimum Gasteiger partial charge on any atom is -0.449 e. The molecule has 2 spiro atoms. The molecule has 2 N–H and O–H groups in total. The van der Waals surface area contributed by atoms with Gasteiger partial charge in [-0.3, -0.25) is 9.69 Å². The predicted molar refractivity (Wildman–Crippen MR) is 215 cm³/mol. The van der Waals surface area contributed by atoms with E-state index in [1.807, 2.05) is 0 Å². The molecule has 12 aliphatic rings. The van der Waals surface area contributed by atoms with Gasteiger partial charge in [0.2, 0.25) is 0 Å². The first-order valence-corrected chi connectivity index (χ1v) is 22.6. The first-order chi connectivity index (χ1) is 26.7. The van der Waals surface area contributed by atoms with Crippen LogP contribution in [0.15, 0.2) is 53.5 Å². The summed E-state index contributed by atoms with van der Waals surface area (Å²) in [5.41, 5.74) is 9.15. The Morgan fingerprint density at radius 1 is 1.00 bits per heavy atom. The van der Waals surface area contributed by atoms with E-state index in [-0.39, 0.29) is 17.9 Å². The number of piperidine rings is 2. The smallest absolute Gasteiger partial charge is 0.339 e. The lowest BCUT2D eigenvalue weighted by atomic mass is 9.31. The summed E-state index contributed by atoms with van der Waals surface area (Å²) in [6.45, 7) is 12.2. The minimum absolute atomic E-state index is 0.101. The van der Waals surface area contributed by atoms with Gasteiger partial charge in [-0.25, -0.2) is 4.79 Å². The van der Waals surface area contributed by atoms with Gasteiger partial charge in [-0.05, 0) is 118 Å². The van der Waals surface area contributed by atoms with Gasteiger partial charge in [0.05, 0.1) is 11.0 Å². The average molecular weight is 748 g/mol. The summed E-state index contributed by atoms with van der Waals surface area (Å²) < 4.78 is 13.9. The summed E-state index contributed by atoms with van der Waals surface area (Å²) in [6.07, 6.45) is 23.5. The zero-order valence-corrected chi connectivity index (χ0v) is 33.8. The van der Waals surface area contributed by atoms with Crippen molar-refractivity contribution >= 4 is 11.9 Å². The van der Waals surface area contributed by atoms with Gasteiger partial charge in [0, 0.05) is 55.3 Å². The highest BCUT2D eigenvalue weighted by Crippen LogP contribution is 2.85. The first-order valence-electron chi connectivity index (χ1n) is 22.6. The van der Waals surface area contributed by atoms with Gasteiger partial charge in [0.1, 0.15) is 11.2 Å². The summed E-state index contributed by atoms with van der Waals surface area (Å²) in [5, 5.41) is 0. The molecule has 0 amide bonds. The SMILES string of the molecule is CC[C@H](C)C[C@@H]1[C@@]2(OC(=O)c3c(CCCN)cccc32)[C@@]23CCC4=C[C@@]12C(=O)O/C3=C\C[C@H](C1CCCCC1)N1C[C@@H]2C[C@@H](CN(C2)C2=CC[C@H](C)C[C@H]42)C1. The minimum atomic E-state index is -0.949. The lowest BCUT2D eigenvalue weighted by molar-refractivity contribution is -0.274. The number of fused-ring (bicyclic) bond motifs is 2. The van der Waals surface area contributed by atoms with E-state index in [1.165, 1.54) is 62.9 Å². The average Bonchev–Trinajstić information content (AvgIpc) is 3.64. The van der Waals surface area contributed by atoms with Crippen LogP contribution in [0, 0.1) is 52.3 Å². The summed E-state index contributed by atoms with van der Waals surface area (Å²) in [6, 6.07) is 6.82. The van der Waals surface area contributed by atoms with Gasteiger partial charge in [-0.1, -0.05) is 82.4 Å². The molecule has 11 atom stereocenters. The maximum atomic E-state index is 15.3. The molecular weight excluding hydrogens is 683 g/mol. The number of hydrogen-bond donors (Lipinski definition) is 1. The van der Waals surface area contributed by atoms with Crippen molar-refractivity contribution in [2.45, 2.75) is 129 Å². The zero-order valence-electron chi connectivity index (χ0n) is 33.8. The number of carbonyl (C=O) groups excluding carboxylic acids is 2. The van der Waals surface area contributed by atoms with Crippen LogP contribution in [0.3, 0.4) is 0 Å². The van der Waals surface area contributed by atoms with E-state index >= 15 is 4.79 Å². The molecule has 296 valence electrons. The van der Waals surface area contributed by atoms with Crippen LogP contribution in [-0.2, 0) is 26.3 Å². The number of carbonyl (C=O) groups is 2. The number of ether oxygens (including phenoxy) is 2. The van der Waals surface area contributed by atoms with Crippen molar-refractivity contribution in [2.75, 3.05) is 32.7 Å². The molecule has 1 aromatic carbocycles. The van der Waals surface area contributed by atoms with E-state index in [0.29, 0.717) is 48.1 Å². The molecule has 8 aliphatic heterocycles. The zero-order chi connectivity index (χ0) is 37.7. The van der Waals surface area contributed by atoms with E-state index in [1.54, 1.807) is 0 Å². The van der Waals surface area contributed by atoms with E-state index in [9.17, 15) is 4.79 Å². The van der Waals surface area contributed by atoms with Gasteiger partial charge in [0.15, 0.2) is 5.60 Å². The fourth-order valence-electron chi connectivity index (χ4n) is 14.5. The standard InChI is InChI=1S/C48H65N3O4/c1-4-30(2)23-41-46-25-36-19-20-47(46,48(41)38-14-8-12-35(13-9-21-49)43(38)44(52)55-48)42(54-45(46)53)18-17-39(34-10-6-5-7-11-34)50-26-32-24-33(27-50)29-51(28-32)40-16-15-31(3)22-37(36)40/h8,12,14,16,18,25,30-34,37,39,41H,4-7,9-11,13,15,17,19-24,26-29,49H2,1-3H3/b42-18-/t30-,31-,32-,33+,37+,39+,41-,46-,47+,48+/m0/s1. The molecule has 7 heteroatoms. The molecule has 8 bridgehead atoms. The van der Waals surface area contributed by atoms with Crippen molar-refractivity contribution in [1.29, 1.82) is 0 Å². The van der Waals surface area contributed by atoms with E-state index < -0.39 is 16.4 Å². The van der Waals surface area contributed by atoms with Gasteiger partial charge < -0.3 is 20.1 Å². The second kappa shape index (κ2) is 13.6. The van der Waals surface area contributed by atoms with Gasteiger partial charge in [0.25, 0.3) is 0 Å². The second-order valence-corrected chi connectivity index (χ2v) is 19.9. The Kier molecular flexibility index (Phi) is 9.01. The molecule has 7 nitrogen and oxygen atoms in total. The van der Waals surface area contributed by atoms with Crippen LogP contribution in [0.5, 0.6) is 0 Å². The Balaban J connectivity index is 1.20. The molecule has 0 aromatic heterocycles. The summed E-state index contributed by atoms with van der Waals surface area (Å²) in [7, 11) is 0. The Bertz CT molecular complexity index is 1810. The molecule has 3 saturated heterocycles. The Morgan fingerprint density at radius 3 is 2.56 bits per heavy atom. The van der Waals surface area contributed by atoms with Crippen molar-refractivity contribution in [2.24, 2.45) is 58.0 Å². The van der Waals surface area contributed by atoms with Gasteiger partial charge >= 0.3 is 11.9 Å². The van der Waals surface area contributed by atoms with Crippen LogP contribution in [0.25, 0.3) is 0 Å². The molecule has 55 heavy (non-hydrogen) atoms. The quantitative estimate of drug-likeness (QED) is 0.221. The maximum Gasteiger partial charge on any atom is 0.339 e. The molecule has 1 aromatic rings. The maximum absolute atomic E-state index is 15.3. The third-order valence-electron chi connectivity index (χ3n) is 16.9. The van der Waals surface area contributed by atoms with Gasteiger partial charge in [-0.2, -0.15) is 0 Å². The van der Waals surface area contributed by atoms with Crippen molar-refractivity contribution in [3.63, 3.8) is 0 Å². The number of benzene rings is 1. The van der Waals surface area contributed by atoms with Crippen LogP contribution in [-0.4, -0.2) is 60.5 Å². The third kappa shape index (κ3) is 5.12. The highest BCUT2D eigenvalue weighted by atomic mass is 16.6. The van der Waals surface area contributed by atoms with Crippen molar-refractivity contribution in [3.8, 4) is 0 Å². The van der Waals surface area contributed by atoms with E-state index in [4.69, 9.17) is 15.2 Å². The monoisotopic (exact) mass is 747 g/mol. The third-order valence-corrected chi connectivity index (χ3v) is 16.9. The summed E-state index contributed by atoms with van der Waals surface area (Å²) in [4.78, 5) is 35.5. The topological polar surface area (TPSA) is 85.1 Å². The summed E-state index contributed by atoms with van der Waals surface area (Å²) >= 11 is 0. The normalized spacial score (nSPS) is 41.9. The van der Waals surface area contributed by atoms with Crippen LogP contribution >= 0.6 is 0 Å². The summed E-state index contributed by atoms with van der Waals surface area (Å²) in [5.74, 6) is 3.59. The molecule has 1 unspecified atom stereocenters. The van der Waals surface area contributed by atoms with Crippen molar-refractivity contribution in [1.82, 2.24) is 9.80 Å². The molecule has 0 radical (unpaired) electrons. The van der Waals surface area contributed by atoms with E-state index in [2.05, 4.69) is 67.0 Å². The number of esters is 2. The van der Waals surface area contributed by atoms with Crippen LogP contribution in [0.1, 0.15) is 132 Å². The predicted octanol–water partition coefficient (Wildman–Crippen LogP) is 8.68. The largest absolute Gasteiger partial charge is 0.449 e. The molecule has 5 fully saturated rings. The molecular formula is C48H65N3O4. The van der Waals surface area contributed by atoms with Crippen LogP contribution in [0.4, 0.5) is 0 Å². The van der Waals surface area contributed by atoms with Crippen LogP contribution in [0.2, 0.25) is 0 Å². The number of nitrogens with two attached hydrogens (primary N) is 1. The molecule has 2 saturated carbocycles. The molecule has 8 heterocycles. The van der Waals surface area contributed by atoms with E-state index in [0.717, 1.165) is 93.3 Å². The number of allylic oxidation sites excluding steroid dienone is 2. The van der Waals surface area contributed by atoms with Gasteiger partial charge in [-0.15, -0.1) is 0 Å². The van der Waals surface area contributed by atoms with Crippen molar-refractivity contribution in [3.05, 3.63) is 70.1 Å². The molecule has 13 rings (SSSR count). The fraction of sp³-hybridized carbons (Fsp3) is 0.708. The first kappa shape index (κ1) is 36.4. The Hall–Kier alpha value is -2.90. The van der Waals surface area contributed by atoms with Crippen molar-refractivity contribution < 1.29 is 19.1 Å². The number of rotatable bonds is 7. The lowest BCUT2D eigenvalue weighted by Crippen LogP contribution is -2.75. The highest BCUT2D eigenvalue weighted by molar-refractivity contribution is 5.99.